The lowest BCUT2D eigenvalue weighted by Crippen LogP contribution is -2.41. The topological polar surface area (TPSA) is 128 Å². The summed E-state index contributed by atoms with van der Waals surface area (Å²) in [5.74, 6) is -2.33. The monoisotopic (exact) mass is 586 g/mol. The van der Waals surface area contributed by atoms with Gasteiger partial charge in [0.15, 0.2) is 10.9 Å². The van der Waals surface area contributed by atoms with E-state index >= 15 is 4.39 Å². The molecule has 0 fully saturated rings. The number of nitrogens with two attached hydrogens (primary N) is 1. The number of phenols is 1. The third kappa shape index (κ3) is 4.55. The standard InChI is InChI=1S/C31H27FN4O5S/c1-3-41-30(39)27-25(19-14-16-13-17(40-2)11-12-20(16)34-28(19)32)26-22(8-6-10-24(26)38)36(29(27)33)31-35-21(15-42-31)18-7-4-5-9-23(18)37/h4-5,7,9,11-15,25,37H,3,6,8,10,33H2,1-2H3. The third-order valence-electron chi connectivity index (χ3n) is 7.47. The minimum Gasteiger partial charge on any atom is -0.507 e. The van der Waals surface area contributed by atoms with E-state index in [1.54, 1.807) is 65.7 Å². The number of allylic oxidation sites excluding steroid dienone is 2. The molecule has 0 amide bonds. The number of ketones is 1. The van der Waals surface area contributed by atoms with E-state index in [0.29, 0.717) is 51.6 Å². The number of aromatic nitrogens is 2. The molecule has 3 N–H and O–H groups in total. The van der Waals surface area contributed by atoms with Gasteiger partial charge in [0, 0.05) is 39.6 Å². The molecular formula is C31H27FN4O5S. The molecule has 2 aromatic carbocycles. The van der Waals surface area contributed by atoms with Gasteiger partial charge in [-0.15, -0.1) is 11.3 Å². The predicted octanol–water partition coefficient (Wildman–Crippen LogP) is 5.56. The molecule has 2 aromatic heterocycles. The van der Waals surface area contributed by atoms with Gasteiger partial charge in [-0.05, 0) is 56.2 Å². The van der Waals surface area contributed by atoms with Gasteiger partial charge in [0.2, 0.25) is 5.95 Å². The van der Waals surface area contributed by atoms with Crippen molar-refractivity contribution in [2.75, 3.05) is 18.6 Å². The number of benzene rings is 2. The van der Waals surface area contributed by atoms with Crippen LogP contribution in [0.5, 0.6) is 11.5 Å². The summed E-state index contributed by atoms with van der Waals surface area (Å²) in [7, 11) is 1.53. The lowest BCUT2D eigenvalue weighted by atomic mass is 9.75. The van der Waals surface area contributed by atoms with Gasteiger partial charge < -0.3 is 20.3 Å². The molecule has 3 heterocycles. The molecule has 4 aromatic rings. The largest absolute Gasteiger partial charge is 0.507 e. The molecule has 0 saturated carbocycles. The number of para-hydroxylation sites is 1. The zero-order valence-electron chi connectivity index (χ0n) is 22.9. The van der Waals surface area contributed by atoms with Crippen molar-refractivity contribution in [1.82, 2.24) is 9.97 Å². The molecule has 0 spiro atoms. The van der Waals surface area contributed by atoms with E-state index in [1.165, 1.54) is 18.4 Å². The highest BCUT2D eigenvalue weighted by Crippen LogP contribution is 2.48. The number of halogens is 1. The Morgan fingerprint density at radius 3 is 2.76 bits per heavy atom. The van der Waals surface area contributed by atoms with Crippen molar-refractivity contribution in [1.29, 1.82) is 0 Å². The van der Waals surface area contributed by atoms with Crippen LogP contribution in [0, 0.1) is 5.95 Å². The van der Waals surface area contributed by atoms with Crippen LogP contribution < -0.4 is 15.4 Å². The number of carbonyl (C=O) groups is 2. The molecule has 2 aliphatic rings. The van der Waals surface area contributed by atoms with E-state index in [-0.39, 0.29) is 47.1 Å². The lowest BCUT2D eigenvalue weighted by Gasteiger charge is -2.39. The number of esters is 1. The molecular weight excluding hydrogens is 559 g/mol. The zero-order valence-corrected chi connectivity index (χ0v) is 23.7. The van der Waals surface area contributed by atoms with Crippen molar-refractivity contribution in [3.8, 4) is 22.8 Å². The van der Waals surface area contributed by atoms with Crippen LogP contribution in [0.1, 0.15) is 37.7 Å². The summed E-state index contributed by atoms with van der Waals surface area (Å²) in [4.78, 5) is 37.7. The Kier molecular flexibility index (Phi) is 7.11. The Bertz CT molecular complexity index is 1810. The summed E-state index contributed by atoms with van der Waals surface area (Å²) >= 11 is 1.25. The number of phenolic OH excluding ortho intramolecular Hbond substituents is 1. The summed E-state index contributed by atoms with van der Waals surface area (Å²) in [5, 5.41) is 13.1. The van der Waals surface area contributed by atoms with Crippen molar-refractivity contribution >= 4 is 39.1 Å². The number of ether oxygens (including phenoxy) is 2. The van der Waals surface area contributed by atoms with Crippen LogP contribution in [0.25, 0.3) is 22.2 Å². The van der Waals surface area contributed by atoms with Gasteiger partial charge >= 0.3 is 5.97 Å². The fourth-order valence-electron chi connectivity index (χ4n) is 5.58. The van der Waals surface area contributed by atoms with Crippen LogP contribution in [0.4, 0.5) is 9.52 Å². The fourth-order valence-corrected chi connectivity index (χ4v) is 6.44. The molecule has 9 nitrogen and oxygen atoms in total. The maximum absolute atomic E-state index is 15.8. The summed E-state index contributed by atoms with van der Waals surface area (Å²) in [5.41, 5.74) is 8.98. The van der Waals surface area contributed by atoms with Crippen molar-refractivity contribution < 1.29 is 28.6 Å². The Morgan fingerprint density at radius 1 is 1.19 bits per heavy atom. The smallest absolute Gasteiger partial charge is 0.338 e. The first-order valence-electron chi connectivity index (χ1n) is 13.4. The van der Waals surface area contributed by atoms with E-state index in [2.05, 4.69) is 4.98 Å². The number of fused-ring (bicyclic) bond motifs is 1. The zero-order chi connectivity index (χ0) is 29.5. The second-order valence-electron chi connectivity index (χ2n) is 9.88. The van der Waals surface area contributed by atoms with E-state index in [1.807, 2.05) is 0 Å². The predicted molar refractivity (Wildman–Crippen MR) is 156 cm³/mol. The van der Waals surface area contributed by atoms with Gasteiger partial charge in [-0.2, -0.15) is 4.39 Å². The third-order valence-corrected chi connectivity index (χ3v) is 8.29. The summed E-state index contributed by atoms with van der Waals surface area (Å²) < 4.78 is 26.6. The number of carbonyl (C=O) groups excluding carboxylic acids is 2. The quantitative estimate of drug-likeness (QED) is 0.221. The summed E-state index contributed by atoms with van der Waals surface area (Å²) in [6.07, 6.45) is 1.24. The molecule has 6 rings (SSSR count). The number of anilines is 1. The van der Waals surface area contributed by atoms with Crippen LogP contribution in [-0.4, -0.2) is 40.5 Å². The highest BCUT2D eigenvalue weighted by Gasteiger charge is 2.45. The highest BCUT2D eigenvalue weighted by molar-refractivity contribution is 7.14. The van der Waals surface area contributed by atoms with Crippen LogP contribution >= 0.6 is 11.3 Å². The average Bonchev–Trinajstić information content (AvgIpc) is 3.46. The van der Waals surface area contributed by atoms with Crippen molar-refractivity contribution in [2.45, 2.75) is 32.1 Å². The van der Waals surface area contributed by atoms with Gasteiger partial charge in [0.25, 0.3) is 0 Å². The maximum Gasteiger partial charge on any atom is 0.338 e. The molecule has 1 unspecified atom stereocenters. The maximum atomic E-state index is 15.8. The Labute approximate surface area is 244 Å². The fraction of sp³-hybridized carbons (Fsp3) is 0.226. The van der Waals surface area contributed by atoms with Crippen LogP contribution in [0.2, 0.25) is 0 Å². The van der Waals surface area contributed by atoms with E-state index in [0.717, 1.165) is 0 Å². The molecule has 0 bridgehead atoms. The number of methoxy groups -OCH3 is 1. The van der Waals surface area contributed by atoms with Crippen LogP contribution in [0.15, 0.2) is 76.6 Å². The number of Topliss-reactive ketones (excluding diaryl/α,β-unsaturated/α-hetero) is 1. The van der Waals surface area contributed by atoms with E-state index in [4.69, 9.17) is 20.2 Å². The first-order valence-corrected chi connectivity index (χ1v) is 14.3. The minimum atomic E-state index is -1.14. The highest BCUT2D eigenvalue weighted by atomic mass is 32.1. The number of pyridine rings is 1. The molecule has 0 radical (unpaired) electrons. The van der Waals surface area contributed by atoms with Crippen molar-refractivity contribution in [3.63, 3.8) is 0 Å². The van der Waals surface area contributed by atoms with Gasteiger partial charge in [0.1, 0.15) is 17.3 Å². The molecule has 214 valence electrons. The number of hydrogen-bond acceptors (Lipinski definition) is 10. The van der Waals surface area contributed by atoms with Gasteiger partial charge in [0.05, 0.1) is 36.4 Å². The minimum absolute atomic E-state index is 0.00442. The molecule has 1 atom stereocenters. The Morgan fingerprint density at radius 2 is 2.00 bits per heavy atom. The SMILES string of the molecule is CCOC(=O)C1=C(N)N(c2nc(-c3ccccc3O)cs2)C2=C(C(=O)CCC2)C1c1cc2cc(OC)ccc2nc1F. The number of thiazole rings is 1. The Balaban J connectivity index is 1.58. The first kappa shape index (κ1) is 27.4. The molecule has 1 aliphatic carbocycles. The molecule has 11 heteroatoms. The number of aromatic hydroxyl groups is 1. The summed E-state index contributed by atoms with van der Waals surface area (Å²) in [6.45, 7) is 1.71. The average molecular weight is 587 g/mol. The van der Waals surface area contributed by atoms with Crippen LogP contribution in [-0.2, 0) is 14.3 Å². The number of rotatable bonds is 6. The van der Waals surface area contributed by atoms with E-state index < -0.39 is 17.8 Å². The number of hydrogen-bond donors (Lipinski definition) is 2. The second kappa shape index (κ2) is 10.9. The van der Waals surface area contributed by atoms with Crippen LogP contribution in [0.3, 0.4) is 0 Å². The van der Waals surface area contributed by atoms with E-state index in [9.17, 15) is 14.7 Å². The van der Waals surface area contributed by atoms with Crippen molar-refractivity contribution in [2.24, 2.45) is 5.73 Å². The Hall–Kier alpha value is -4.77. The summed E-state index contributed by atoms with van der Waals surface area (Å²) in [6, 6.07) is 13.4. The first-order chi connectivity index (χ1) is 20.3. The normalized spacial score (nSPS) is 17.1. The second-order valence-corrected chi connectivity index (χ2v) is 10.7. The molecule has 1 aliphatic heterocycles. The van der Waals surface area contributed by atoms with Crippen molar-refractivity contribution in [3.05, 3.63) is 88.1 Å². The van der Waals surface area contributed by atoms with Gasteiger partial charge in [-0.1, -0.05) is 12.1 Å². The number of nitrogens with zero attached hydrogens (tertiary/aromatic N) is 3. The molecule has 0 saturated heterocycles. The lowest BCUT2D eigenvalue weighted by molar-refractivity contribution is -0.138. The van der Waals surface area contributed by atoms with Gasteiger partial charge in [-0.3, -0.25) is 9.69 Å². The van der Waals surface area contributed by atoms with Gasteiger partial charge in [-0.25, -0.2) is 14.8 Å². The molecule has 42 heavy (non-hydrogen) atoms.